The van der Waals surface area contributed by atoms with E-state index in [0.717, 1.165) is 0 Å². The van der Waals surface area contributed by atoms with E-state index < -0.39 is 11.9 Å². The van der Waals surface area contributed by atoms with Crippen molar-refractivity contribution in [3.05, 3.63) is 34.4 Å². The van der Waals surface area contributed by atoms with Gasteiger partial charge in [0.15, 0.2) is 0 Å². The summed E-state index contributed by atoms with van der Waals surface area (Å²) in [6, 6.07) is 2.89. The van der Waals surface area contributed by atoms with E-state index in [1.807, 2.05) is 0 Å². The van der Waals surface area contributed by atoms with E-state index in [2.05, 4.69) is 4.74 Å². The number of hydrogen-bond donors (Lipinski definition) is 2. The number of rotatable bonds is 4. The number of anilines is 1. The lowest BCUT2D eigenvalue weighted by Crippen LogP contribution is -2.06. The highest BCUT2D eigenvalue weighted by molar-refractivity contribution is 6.32. The molecular weight excluding hydrogens is 258 g/mol. The first-order valence-corrected chi connectivity index (χ1v) is 5.39. The van der Waals surface area contributed by atoms with Crippen LogP contribution in [0, 0.1) is 0 Å². The van der Waals surface area contributed by atoms with Crippen molar-refractivity contribution in [3.63, 3.8) is 0 Å². The van der Waals surface area contributed by atoms with E-state index in [0.29, 0.717) is 10.6 Å². The quantitative estimate of drug-likeness (QED) is 0.646. The van der Waals surface area contributed by atoms with Crippen molar-refractivity contribution in [1.29, 1.82) is 0 Å². The predicted molar refractivity (Wildman–Crippen MR) is 68.5 cm³/mol. The third kappa shape index (κ3) is 3.49. The van der Waals surface area contributed by atoms with E-state index in [-0.39, 0.29) is 17.7 Å². The van der Waals surface area contributed by atoms with E-state index >= 15 is 0 Å². The number of benzene rings is 1. The van der Waals surface area contributed by atoms with E-state index in [1.54, 1.807) is 0 Å². The molecule has 0 saturated carbocycles. The summed E-state index contributed by atoms with van der Waals surface area (Å²) < 4.78 is 4.57. The largest absolute Gasteiger partial charge is 0.481 e. The average molecular weight is 270 g/mol. The van der Waals surface area contributed by atoms with Gasteiger partial charge in [0.2, 0.25) is 0 Å². The number of ether oxygens (including phenoxy) is 1. The molecule has 5 nitrogen and oxygen atoms in total. The Morgan fingerprint density at radius 3 is 2.72 bits per heavy atom. The number of carboxylic acid groups (broad SMARTS) is 1. The molecule has 0 radical (unpaired) electrons. The molecule has 0 fully saturated rings. The number of esters is 1. The molecule has 3 N–H and O–H groups in total. The van der Waals surface area contributed by atoms with Crippen LogP contribution in [0.5, 0.6) is 0 Å². The second-order valence-electron chi connectivity index (χ2n) is 3.45. The van der Waals surface area contributed by atoms with Gasteiger partial charge in [-0.3, -0.25) is 4.79 Å². The minimum Gasteiger partial charge on any atom is -0.481 e. The first kappa shape index (κ1) is 14.1. The SMILES string of the molecule is COC(=O)c1cc(C=CCC(=O)O)c(Cl)cc1N. The Kier molecular flexibility index (Phi) is 4.74. The molecule has 0 aromatic heterocycles. The third-order valence-corrected chi connectivity index (χ3v) is 2.49. The molecule has 18 heavy (non-hydrogen) atoms. The Hall–Kier alpha value is -2.01. The van der Waals surface area contributed by atoms with Gasteiger partial charge >= 0.3 is 11.9 Å². The number of halogens is 1. The average Bonchev–Trinajstić information content (AvgIpc) is 2.30. The van der Waals surface area contributed by atoms with Crippen LogP contribution in [0.1, 0.15) is 22.3 Å². The van der Waals surface area contributed by atoms with Crippen LogP contribution < -0.4 is 5.73 Å². The number of aliphatic carboxylic acids is 1. The molecule has 0 aliphatic carbocycles. The van der Waals surface area contributed by atoms with Crippen LogP contribution in [0.4, 0.5) is 5.69 Å². The molecule has 0 aliphatic rings. The van der Waals surface area contributed by atoms with E-state index in [1.165, 1.54) is 31.4 Å². The summed E-state index contributed by atoms with van der Waals surface area (Å²) in [5.41, 5.74) is 6.55. The highest BCUT2D eigenvalue weighted by Gasteiger charge is 2.12. The van der Waals surface area contributed by atoms with Crippen molar-refractivity contribution in [2.24, 2.45) is 0 Å². The molecule has 0 saturated heterocycles. The number of carbonyl (C=O) groups excluding carboxylic acids is 1. The first-order valence-electron chi connectivity index (χ1n) is 5.01. The molecule has 0 aliphatic heterocycles. The highest BCUT2D eigenvalue weighted by Crippen LogP contribution is 2.25. The van der Waals surface area contributed by atoms with Crippen molar-refractivity contribution < 1.29 is 19.4 Å². The second kappa shape index (κ2) is 6.07. The Morgan fingerprint density at radius 1 is 1.50 bits per heavy atom. The Morgan fingerprint density at radius 2 is 2.17 bits per heavy atom. The van der Waals surface area contributed by atoms with Crippen LogP contribution in [0.25, 0.3) is 6.08 Å². The van der Waals surface area contributed by atoms with Gasteiger partial charge in [0.25, 0.3) is 0 Å². The van der Waals surface area contributed by atoms with Gasteiger partial charge in [0.05, 0.1) is 19.1 Å². The van der Waals surface area contributed by atoms with Crippen LogP contribution in [0.3, 0.4) is 0 Å². The molecule has 96 valence electrons. The molecular formula is C12H12ClNO4. The number of nitrogens with two attached hydrogens (primary N) is 1. The first-order chi connectivity index (χ1) is 8.45. The van der Waals surface area contributed by atoms with Gasteiger partial charge in [-0.25, -0.2) is 4.79 Å². The van der Waals surface area contributed by atoms with Crippen molar-refractivity contribution >= 4 is 35.3 Å². The second-order valence-corrected chi connectivity index (χ2v) is 3.86. The summed E-state index contributed by atoms with van der Waals surface area (Å²) in [5, 5.41) is 8.84. The Balaban J connectivity index is 3.09. The maximum absolute atomic E-state index is 11.4. The lowest BCUT2D eigenvalue weighted by Gasteiger charge is -2.06. The molecule has 0 heterocycles. The molecule has 1 aromatic rings. The van der Waals surface area contributed by atoms with Gasteiger partial charge in [0.1, 0.15) is 0 Å². The molecule has 0 spiro atoms. The van der Waals surface area contributed by atoms with Crippen LogP contribution in [0.2, 0.25) is 5.02 Å². The van der Waals surface area contributed by atoms with Gasteiger partial charge in [-0.2, -0.15) is 0 Å². The minimum atomic E-state index is -0.953. The summed E-state index contributed by atoms with van der Waals surface area (Å²) in [4.78, 5) is 21.8. The number of nitrogen functional groups attached to an aromatic ring is 1. The molecule has 0 atom stereocenters. The van der Waals surface area contributed by atoms with Gasteiger partial charge in [0, 0.05) is 10.7 Å². The normalized spacial score (nSPS) is 10.6. The van der Waals surface area contributed by atoms with Crippen LogP contribution >= 0.6 is 11.6 Å². The van der Waals surface area contributed by atoms with Crippen LogP contribution in [-0.4, -0.2) is 24.2 Å². The zero-order valence-corrected chi connectivity index (χ0v) is 10.4. The zero-order chi connectivity index (χ0) is 13.7. The van der Waals surface area contributed by atoms with Gasteiger partial charge in [-0.15, -0.1) is 0 Å². The fourth-order valence-electron chi connectivity index (χ4n) is 1.31. The lowest BCUT2D eigenvalue weighted by atomic mass is 10.1. The topological polar surface area (TPSA) is 89.6 Å². The molecule has 6 heteroatoms. The molecule has 0 unspecified atom stereocenters. The molecule has 1 aromatic carbocycles. The standard InChI is InChI=1S/C12H12ClNO4/c1-18-12(17)8-5-7(3-2-4-11(15)16)9(13)6-10(8)14/h2-3,5-6H,4,14H2,1H3,(H,15,16). The third-order valence-electron chi connectivity index (χ3n) is 2.16. The maximum Gasteiger partial charge on any atom is 0.339 e. The zero-order valence-electron chi connectivity index (χ0n) is 9.64. The van der Waals surface area contributed by atoms with Gasteiger partial charge < -0.3 is 15.6 Å². The summed E-state index contributed by atoms with van der Waals surface area (Å²) in [5.74, 6) is -1.52. The molecule has 1 rings (SSSR count). The Bertz CT molecular complexity index is 511. The number of carbonyl (C=O) groups is 2. The summed E-state index contributed by atoms with van der Waals surface area (Å²) >= 11 is 5.93. The fourth-order valence-corrected chi connectivity index (χ4v) is 1.54. The fraction of sp³-hybridized carbons (Fsp3) is 0.167. The summed E-state index contributed by atoms with van der Waals surface area (Å²) in [6.07, 6.45) is 2.82. The smallest absolute Gasteiger partial charge is 0.339 e. The van der Waals surface area contributed by atoms with Crippen molar-refractivity contribution in [2.45, 2.75) is 6.42 Å². The molecule has 0 bridgehead atoms. The molecule has 0 amide bonds. The number of carboxylic acids is 1. The summed E-state index contributed by atoms with van der Waals surface area (Å²) in [6.45, 7) is 0. The van der Waals surface area contributed by atoms with Gasteiger partial charge in [-0.1, -0.05) is 23.8 Å². The number of hydrogen-bond acceptors (Lipinski definition) is 4. The van der Waals surface area contributed by atoms with Gasteiger partial charge in [-0.05, 0) is 17.7 Å². The van der Waals surface area contributed by atoms with Crippen LogP contribution in [0.15, 0.2) is 18.2 Å². The monoisotopic (exact) mass is 269 g/mol. The predicted octanol–water partition coefficient (Wildman–Crippen LogP) is 2.20. The van der Waals surface area contributed by atoms with Crippen molar-refractivity contribution in [1.82, 2.24) is 0 Å². The highest BCUT2D eigenvalue weighted by atomic mass is 35.5. The van der Waals surface area contributed by atoms with Crippen LogP contribution in [-0.2, 0) is 9.53 Å². The number of methoxy groups -OCH3 is 1. The lowest BCUT2D eigenvalue weighted by molar-refractivity contribution is -0.135. The summed E-state index contributed by atoms with van der Waals surface area (Å²) in [7, 11) is 1.25. The minimum absolute atomic E-state index is 0.131. The van der Waals surface area contributed by atoms with Crippen molar-refractivity contribution in [2.75, 3.05) is 12.8 Å². The Labute approximate surface area is 109 Å². The van der Waals surface area contributed by atoms with E-state index in [4.69, 9.17) is 22.4 Å². The van der Waals surface area contributed by atoms with E-state index in [9.17, 15) is 9.59 Å². The van der Waals surface area contributed by atoms with Crippen molar-refractivity contribution in [3.8, 4) is 0 Å². The maximum atomic E-state index is 11.4.